The van der Waals surface area contributed by atoms with Gasteiger partial charge in [-0.05, 0) is 61.5 Å². The summed E-state index contributed by atoms with van der Waals surface area (Å²) < 4.78 is 2.39. The standard InChI is InChI=1S/C23H28N4O2/c1-2-3-10-27-16-21(20-14-25-9-5-22(20)27)17-6-11-26(12-7-17)15-18-13-24-8-4-19(18)23(28)29/h4-5,8-9,13-14,16-17H,2-3,6-7,10-12,15H2,1H3,(H,28,29). The highest BCUT2D eigenvalue weighted by Gasteiger charge is 2.24. The lowest BCUT2D eigenvalue weighted by Crippen LogP contribution is -2.33. The zero-order valence-corrected chi connectivity index (χ0v) is 16.9. The molecule has 0 amide bonds. The van der Waals surface area contributed by atoms with E-state index in [4.69, 9.17) is 0 Å². The number of carboxylic acid groups (broad SMARTS) is 1. The van der Waals surface area contributed by atoms with E-state index in [1.54, 1.807) is 18.5 Å². The van der Waals surface area contributed by atoms with Crippen LogP contribution in [-0.4, -0.2) is 43.6 Å². The van der Waals surface area contributed by atoms with Crippen LogP contribution in [0, 0.1) is 0 Å². The first-order valence-corrected chi connectivity index (χ1v) is 10.5. The molecule has 1 N–H and O–H groups in total. The van der Waals surface area contributed by atoms with Gasteiger partial charge < -0.3 is 9.67 Å². The third kappa shape index (κ3) is 4.17. The number of nitrogens with zero attached hydrogens (tertiary/aromatic N) is 4. The molecule has 1 aliphatic rings. The van der Waals surface area contributed by atoms with Gasteiger partial charge in [-0.25, -0.2) is 4.79 Å². The minimum Gasteiger partial charge on any atom is -0.478 e. The van der Waals surface area contributed by atoms with Crippen molar-refractivity contribution in [1.29, 1.82) is 0 Å². The molecular weight excluding hydrogens is 364 g/mol. The molecule has 0 radical (unpaired) electrons. The second-order valence-electron chi connectivity index (χ2n) is 7.91. The number of piperidine rings is 1. The summed E-state index contributed by atoms with van der Waals surface area (Å²) in [7, 11) is 0. The number of carboxylic acids is 1. The van der Waals surface area contributed by atoms with Crippen LogP contribution in [0.5, 0.6) is 0 Å². The lowest BCUT2D eigenvalue weighted by Gasteiger charge is -2.32. The first-order chi connectivity index (χ1) is 14.2. The molecule has 6 heteroatoms. The Balaban J connectivity index is 1.47. The molecule has 0 aliphatic carbocycles. The molecule has 0 bridgehead atoms. The largest absolute Gasteiger partial charge is 0.478 e. The monoisotopic (exact) mass is 392 g/mol. The fourth-order valence-electron chi connectivity index (χ4n) is 4.41. The number of hydrogen-bond acceptors (Lipinski definition) is 4. The van der Waals surface area contributed by atoms with E-state index in [1.807, 2.05) is 12.4 Å². The highest BCUT2D eigenvalue weighted by atomic mass is 16.4. The topological polar surface area (TPSA) is 71.2 Å². The molecule has 1 saturated heterocycles. The molecule has 3 aromatic heterocycles. The predicted molar refractivity (Wildman–Crippen MR) is 113 cm³/mol. The summed E-state index contributed by atoms with van der Waals surface area (Å²) in [6, 6.07) is 3.71. The summed E-state index contributed by atoms with van der Waals surface area (Å²) in [5.74, 6) is -0.363. The zero-order chi connectivity index (χ0) is 20.2. The van der Waals surface area contributed by atoms with Gasteiger partial charge in [0.2, 0.25) is 0 Å². The smallest absolute Gasteiger partial charge is 0.336 e. The van der Waals surface area contributed by atoms with E-state index < -0.39 is 5.97 Å². The number of carbonyl (C=O) groups is 1. The number of aromatic nitrogens is 3. The van der Waals surface area contributed by atoms with Gasteiger partial charge in [0.15, 0.2) is 0 Å². The Hall–Kier alpha value is -2.73. The van der Waals surface area contributed by atoms with E-state index in [2.05, 4.69) is 38.6 Å². The minimum absolute atomic E-state index is 0.354. The van der Waals surface area contributed by atoms with Gasteiger partial charge in [0.25, 0.3) is 0 Å². The van der Waals surface area contributed by atoms with E-state index in [1.165, 1.54) is 29.3 Å². The summed E-state index contributed by atoms with van der Waals surface area (Å²) in [4.78, 5) is 22.3. The van der Waals surface area contributed by atoms with Crippen LogP contribution in [0.25, 0.3) is 10.9 Å². The first-order valence-electron chi connectivity index (χ1n) is 10.5. The van der Waals surface area contributed by atoms with Gasteiger partial charge in [0.1, 0.15) is 0 Å². The van der Waals surface area contributed by atoms with Gasteiger partial charge in [-0.3, -0.25) is 14.9 Å². The quantitative estimate of drug-likeness (QED) is 0.649. The van der Waals surface area contributed by atoms with Gasteiger partial charge in [0.05, 0.1) is 11.1 Å². The average molecular weight is 393 g/mol. The third-order valence-electron chi connectivity index (χ3n) is 6.02. The van der Waals surface area contributed by atoms with Crippen LogP contribution in [0.4, 0.5) is 0 Å². The third-order valence-corrected chi connectivity index (χ3v) is 6.02. The lowest BCUT2D eigenvalue weighted by atomic mass is 9.89. The first kappa shape index (κ1) is 19.6. The summed E-state index contributed by atoms with van der Waals surface area (Å²) in [5, 5.41) is 10.7. The molecule has 0 aromatic carbocycles. The van der Waals surface area contributed by atoms with E-state index >= 15 is 0 Å². The highest BCUT2D eigenvalue weighted by Crippen LogP contribution is 2.34. The van der Waals surface area contributed by atoms with Crippen LogP contribution in [0.3, 0.4) is 0 Å². The van der Waals surface area contributed by atoms with Crippen molar-refractivity contribution < 1.29 is 9.90 Å². The summed E-state index contributed by atoms with van der Waals surface area (Å²) in [5.41, 5.74) is 3.84. The number of hydrogen-bond donors (Lipinski definition) is 1. The van der Waals surface area contributed by atoms with Crippen LogP contribution in [0.1, 0.15) is 60.0 Å². The van der Waals surface area contributed by atoms with Crippen LogP contribution >= 0.6 is 0 Å². The molecule has 0 unspecified atom stereocenters. The Morgan fingerprint density at radius 3 is 2.69 bits per heavy atom. The van der Waals surface area contributed by atoms with Gasteiger partial charge >= 0.3 is 5.97 Å². The van der Waals surface area contributed by atoms with Crippen molar-refractivity contribution in [3.63, 3.8) is 0 Å². The Morgan fingerprint density at radius 2 is 1.93 bits per heavy atom. The molecule has 0 spiro atoms. The molecule has 1 aliphatic heterocycles. The maximum atomic E-state index is 11.4. The van der Waals surface area contributed by atoms with Gasteiger partial charge in [0, 0.05) is 49.5 Å². The fraction of sp³-hybridized carbons (Fsp3) is 0.435. The number of aromatic carboxylic acids is 1. The Morgan fingerprint density at radius 1 is 1.17 bits per heavy atom. The molecule has 0 saturated carbocycles. The molecule has 4 rings (SSSR count). The minimum atomic E-state index is -0.885. The molecule has 0 atom stereocenters. The van der Waals surface area contributed by atoms with Crippen LogP contribution < -0.4 is 0 Å². The summed E-state index contributed by atoms with van der Waals surface area (Å²) >= 11 is 0. The van der Waals surface area contributed by atoms with Crippen LogP contribution in [0.2, 0.25) is 0 Å². The normalized spacial score (nSPS) is 15.8. The highest BCUT2D eigenvalue weighted by molar-refractivity contribution is 5.89. The number of fused-ring (bicyclic) bond motifs is 1. The second kappa shape index (κ2) is 8.74. The van der Waals surface area contributed by atoms with Gasteiger partial charge in [-0.1, -0.05) is 13.3 Å². The fourth-order valence-corrected chi connectivity index (χ4v) is 4.41. The Kier molecular flexibility index (Phi) is 5.90. The summed E-state index contributed by atoms with van der Waals surface area (Å²) in [6.07, 6.45) is 14.0. The number of aryl methyl sites for hydroxylation is 1. The molecule has 1 fully saturated rings. The van der Waals surface area contributed by atoms with Crippen molar-refractivity contribution in [3.05, 3.63) is 59.8 Å². The number of pyridine rings is 2. The van der Waals surface area contributed by atoms with Crippen molar-refractivity contribution in [2.75, 3.05) is 13.1 Å². The molecule has 3 aromatic rings. The SMILES string of the molecule is CCCCn1cc(C2CCN(Cc3cnccc3C(=O)O)CC2)c2cnccc21. The number of unbranched alkanes of at least 4 members (excludes halogenated alkanes) is 1. The van der Waals surface area contributed by atoms with E-state index in [-0.39, 0.29) is 0 Å². The Labute approximate surface area is 171 Å². The van der Waals surface area contributed by atoms with Gasteiger partial charge in [-0.2, -0.15) is 0 Å². The van der Waals surface area contributed by atoms with E-state index in [0.717, 1.165) is 38.0 Å². The number of rotatable bonds is 7. The van der Waals surface area contributed by atoms with Crippen molar-refractivity contribution in [2.24, 2.45) is 0 Å². The van der Waals surface area contributed by atoms with Crippen LogP contribution in [0.15, 0.2) is 43.1 Å². The molecule has 6 nitrogen and oxygen atoms in total. The molecular formula is C23H28N4O2. The summed E-state index contributed by atoms with van der Waals surface area (Å²) in [6.45, 7) is 5.83. The van der Waals surface area contributed by atoms with Gasteiger partial charge in [-0.15, -0.1) is 0 Å². The maximum absolute atomic E-state index is 11.4. The maximum Gasteiger partial charge on any atom is 0.336 e. The molecule has 152 valence electrons. The van der Waals surface area contributed by atoms with Crippen molar-refractivity contribution in [1.82, 2.24) is 19.4 Å². The van der Waals surface area contributed by atoms with Crippen LogP contribution in [-0.2, 0) is 13.1 Å². The lowest BCUT2D eigenvalue weighted by molar-refractivity contribution is 0.0693. The van der Waals surface area contributed by atoms with E-state index in [0.29, 0.717) is 18.0 Å². The van der Waals surface area contributed by atoms with Crippen molar-refractivity contribution >= 4 is 16.9 Å². The molecule has 29 heavy (non-hydrogen) atoms. The molecule has 4 heterocycles. The Bertz CT molecular complexity index is 989. The number of likely N-dealkylation sites (tertiary alicyclic amines) is 1. The van der Waals surface area contributed by atoms with Crippen molar-refractivity contribution in [2.45, 2.75) is 51.6 Å². The zero-order valence-electron chi connectivity index (χ0n) is 16.9. The predicted octanol–water partition coefficient (Wildman–Crippen LogP) is 4.31. The van der Waals surface area contributed by atoms with Crippen molar-refractivity contribution in [3.8, 4) is 0 Å². The second-order valence-corrected chi connectivity index (χ2v) is 7.91. The van der Waals surface area contributed by atoms with E-state index in [9.17, 15) is 9.90 Å². The average Bonchev–Trinajstić information content (AvgIpc) is 3.12.